The quantitative estimate of drug-likeness (QED) is 0.321. The largest absolute Gasteiger partial charge is 0.507 e. The Labute approximate surface area is 191 Å². The Morgan fingerprint density at radius 3 is 1.61 bits per heavy atom. The molecule has 0 saturated carbocycles. The molecule has 5 rings (SSSR count). The molecule has 0 radical (unpaired) electrons. The van der Waals surface area contributed by atoms with Gasteiger partial charge in [-0.15, -0.1) is 0 Å². The number of hydrogen-bond acceptors (Lipinski definition) is 4. The maximum atomic E-state index is 10.4. The number of benzene rings is 4. The highest BCUT2D eigenvalue weighted by Gasteiger charge is 2.14. The molecule has 0 aliphatic carbocycles. The Bertz CT molecular complexity index is 1460. The molecule has 0 amide bonds. The van der Waals surface area contributed by atoms with Crippen LogP contribution in [0.15, 0.2) is 103 Å². The van der Waals surface area contributed by atoms with Gasteiger partial charge in [0.2, 0.25) is 0 Å². The predicted molar refractivity (Wildman–Crippen MR) is 129 cm³/mol. The van der Waals surface area contributed by atoms with Gasteiger partial charge in [-0.1, -0.05) is 91.0 Å². The van der Waals surface area contributed by atoms with Crippen LogP contribution in [0.1, 0.15) is 0 Å². The van der Waals surface area contributed by atoms with Gasteiger partial charge in [-0.25, -0.2) is 19.8 Å². The fourth-order valence-corrected chi connectivity index (χ4v) is 3.54. The molecule has 0 atom stereocenters. The molecular formula is C28H18N4O. The number of nitrogens with zero attached hydrogens (tertiary/aromatic N) is 4. The number of rotatable bonds is 4. The molecule has 0 saturated heterocycles. The van der Waals surface area contributed by atoms with E-state index in [4.69, 9.17) is 11.6 Å². The lowest BCUT2D eigenvalue weighted by molar-refractivity contribution is 0.477. The van der Waals surface area contributed by atoms with Gasteiger partial charge in [-0.3, -0.25) is 0 Å². The minimum Gasteiger partial charge on any atom is -0.507 e. The van der Waals surface area contributed by atoms with Crippen LogP contribution >= 0.6 is 0 Å². The van der Waals surface area contributed by atoms with Crippen molar-refractivity contribution in [1.82, 2.24) is 15.0 Å². The molecule has 5 heteroatoms. The fourth-order valence-electron chi connectivity index (χ4n) is 3.54. The van der Waals surface area contributed by atoms with Crippen molar-refractivity contribution >= 4 is 5.69 Å². The zero-order chi connectivity index (χ0) is 22.6. The molecule has 0 bridgehead atoms. The van der Waals surface area contributed by atoms with Gasteiger partial charge in [0.1, 0.15) is 5.75 Å². The van der Waals surface area contributed by atoms with E-state index in [0.29, 0.717) is 28.7 Å². The van der Waals surface area contributed by atoms with Gasteiger partial charge < -0.3 is 5.11 Å². The standard InChI is InChI=1S/C28H18N4O/c1-29-23-17-15-22(16-18-23)27-30-26(31-28(32-27)24-9-5-6-10-25(24)33)21-13-11-20(12-14-21)19-7-3-2-4-8-19/h2-18,33H. The molecule has 0 aliphatic heterocycles. The maximum absolute atomic E-state index is 10.4. The van der Waals surface area contributed by atoms with Crippen LogP contribution < -0.4 is 0 Å². The molecule has 4 aromatic carbocycles. The highest BCUT2D eigenvalue weighted by Crippen LogP contribution is 2.30. The average molecular weight is 426 g/mol. The van der Waals surface area contributed by atoms with Gasteiger partial charge in [0.15, 0.2) is 23.2 Å². The lowest BCUT2D eigenvalue weighted by Gasteiger charge is -2.10. The van der Waals surface area contributed by atoms with Crippen LogP contribution in [-0.4, -0.2) is 20.1 Å². The van der Waals surface area contributed by atoms with E-state index in [1.54, 1.807) is 30.3 Å². The van der Waals surface area contributed by atoms with Gasteiger partial charge in [0.05, 0.1) is 12.1 Å². The molecule has 5 nitrogen and oxygen atoms in total. The van der Waals surface area contributed by atoms with E-state index < -0.39 is 0 Å². The van der Waals surface area contributed by atoms with E-state index in [0.717, 1.165) is 22.3 Å². The Kier molecular flexibility index (Phi) is 5.32. The van der Waals surface area contributed by atoms with E-state index in [2.05, 4.69) is 26.9 Å². The molecule has 0 spiro atoms. The molecule has 0 aliphatic rings. The Hall–Kier alpha value is -4.82. The van der Waals surface area contributed by atoms with E-state index >= 15 is 0 Å². The van der Waals surface area contributed by atoms with Crippen molar-refractivity contribution in [3.63, 3.8) is 0 Å². The van der Waals surface area contributed by atoms with Gasteiger partial charge >= 0.3 is 0 Å². The Morgan fingerprint density at radius 2 is 1.00 bits per heavy atom. The summed E-state index contributed by atoms with van der Waals surface area (Å²) in [4.78, 5) is 17.4. The minimum atomic E-state index is 0.100. The smallest absolute Gasteiger partial charge is 0.187 e. The normalized spacial score (nSPS) is 10.5. The summed E-state index contributed by atoms with van der Waals surface area (Å²) in [5.74, 6) is 1.46. The molecule has 156 valence electrons. The zero-order valence-corrected chi connectivity index (χ0v) is 17.6. The van der Waals surface area contributed by atoms with E-state index in [1.807, 2.05) is 60.7 Å². The predicted octanol–water partition coefficient (Wildman–Crippen LogP) is 6.80. The van der Waals surface area contributed by atoms with Gasteiger partial charge in [0, 0.05) is 11.1 Å². The van der Waals surface area contributed by atoms with Crippen molar-refractivity contribution < 1.29 is 5.11 Å². The number of hydrogen-bond donors (Lipinski definition) is 1. The summed E-state index contributed by atoms with van der Waals surface area (Å²) < 4.78 is 0. The lowest BCUT2D eigenvalue weighted by atomic mass is 10.0. The molecule has 1 aromatic heterocycles. The first-order valence-corrected chi connectivity index (χ1v) is 10.4. The topological polar surface area (TPSA) is 63.3 Å². The Balaban J connectivity index is 1.62. The number of phenols is 1. The molecule has 1 heterocycles. The highest BCUT2D eigenvalue weighted by atomic mass is 16.3. The van der Waals surface area contributed by atoms with Crippen molar-refractivity contribution in [3.8, 4) is 51.0 Å². The van der Waals surface area contributed by atoms with E-state index in [-0.39, 0.29) is 5.75 Å². The third-order valence-corrected chi connectivity index (χ3v) is 5.29. The summed E-state index contributed by atoms with van der Waals surface area (Å²) in [6.07, 6.45) is 0. The van der Waals surface area contributed by atoms with Crippen molar-refractivity contribution in [2.75, 3.05) is 0 Å². The summed E-state index contributed by atoms with van der Waals surface area (Å²) in [7, 11) is 0. The molecule has 33 heavy (non-hydrogen) atoms. The monoisotopic (exact) mass is 426 g/mol. The van der Waals surface area contributed by atoms with Crippen molar-refractivity contribution in [2.45, 2.75) is 0 Å². The van der Waals surface area contributed by atoms with Crippen LogP contribution in [0.25, 0.3) is 50.1 Å². The van der Waals surface area contributed by atoms with Crippen LogP contribution in [0.3, 0.4) is 0 Å². The third kappa shape index (κ3) is 4.18. The van der Waals surface area contributed by atoms with Crippen LogP contribution in [0.2, 0.25) is 0 Å². The first-order valence-electron chi connectivity index (χ1n) is 10.4. The summed E-state index contributed by atoms with van der Waals surface area (Å²) in [5, 5.41) is 10.4. The molecule has 1 N–H and O–H groups in total. The van der Waals surface area contributed by atoms with Crippen LogP contribution in [0.4, 0.5) is 5.69 Å². The molecule has 0 unspecified atom stereocenters. The van der Waals surface area contributed by atoms with Crippen molar-refractivity contribution in [1.29, 1.82) is 0 Å². The van der Waals surface area contributed by atoms with Crippen molar-refractivity contribution in [3.05, 3.63) is 115 Å². The first kappa shape index (κ1) is 20.1. The molecular weight excluding hydrogens is 408 g/mol. The van der Waals surface area contributed by atoms with Crippen LogP contribution in [0.5, 0.6) is 5.75 Å². The van der Waals surface area contributed by atoms with Crippen molar-refractivity contribution in [2.24, 2.45) is 0 Å². The second-order valence-corrected chi connectivity index (χ2v) is 7.43. The lowest BCUT2D eigenvalue weighted by Crippen LogP contribution is -2.00. The molecule has 0 fully saturated rings. The minimum absolute atomic E-state index is 0.100. The van der Waals surface area contributed by atoms with Gasteiger partial charge in [-0.05, 0) is 23.3 Å². The molecule has 5 aromatic rings. The second-order valence-electron chi connectivity index (χ2n) is 7.43. The Morgan fingerprint density at radius 1 is 0.515 bits per heavy atom. The van der Waals surface area contributed by atoms with E-state index in [9.17, 15) is 5.11 Å². The summed E-state index contributed by atoms with van der Waals surface area (Å²) >= 11 is 0. The second kappa shape index (κ2) is 8.74. The number of para-hydroxylation sites is 1. The summed E-state index contributed by atoms with van der Waals surface area (Å²) in [6, 6.07) is 32.3. The summed E-state index contributed by atoms with van der Waals surface area (Å²) in [6.45, 7) is 7.17. The SMILES string of the molecule is [C-]#[N+]c1ccc(-c2nc(-c3ccc(-c4ccccc4)cc3)nc(-c3ccccc3O)n2)cc1. The van der Waals surface area contributed by atoms with Gasteiger partial charge in [0.25, 0.3) is 0 Å². The number of phenolic OH excluding ortho intramolecular Hbond substituents is 1. The highest BCUT2D eigenvalue weighted by molar-refractivity contribution is 5.72. The van der Waals surface area contributed by atoms with Crippen LogP contribution in [0, 0.1) is 6.57 Å². The van der Waals surface area contributed by atoms with Gasteiger partial charge in [-0.2, -0.15) is 0 Å². The first-order chi connectivity index (χ1) is 16.2. The number of aromatic nitrogens is 3. The zero-order valence-electron chi connectivity index (χ0n) is 17.6. The van der Waals surface area contributed by atoms with E-state index in [1.165, 1.54) is 0 Å². The fraction of sp³-hybridized carbons (Fsp3) is 0. The third-order valence-electron chi connectivity index (χ3n) is 5.29. The maximum Gasteiger partial charge on any atom is 0.187 e. The van der Waals surface area contributed by atoms with Crippen LogP contribution in [-0.2, 0) is 0 Å². The average Bonchev–Trinajstić information content (AvgIpc) is 2.89. The summed E-state index contributed by atoms with van der Waals surface area (Å²) in [5.41, 5.74) is 4.92. The number of aromatic hydroxyl groups is 1.